The number of aromatic nitrogens is 2. The highest BCUT2D eigenvalue weighted by Gasteiger charge is 2.10. The van der Waals surface area contributed by atoms with E-state index in [4.69, 9.17) is 4.74 Å². The van der Waals surface area contributed by atoms with Crippen LogP contribution >= 0.6 is 27.3 Å². The second kappa shape index (κ2) is 6.02. The Morgan fingerprint density at radius 3 is 2.82 bits per heavy atom. The molecule has 0 fully saturated rings. The van der Waals surface area contributed by atoms with Gasteiger partial charge in [-0.05, 0) is 31.2 Å². The molecule has 5 nitrogen and oxygen atoms in total. The van der Waals surface area contributed by atoms with Gasteiger partial charge in [0.15, 0.2) is 4.96 Å². The minimum Gasteiger partial charge on any atom is -0.456 e. The molecule has 0 atom stereocenters. The van der Waals surface area contributed by atoms with Gasteiger partial charge in [0.25, 0.3) is 5.56 Å². The number of aryl methyl sites for hydroxylation is 1. The number of ether oxygens (including phenoxy) is 1. The Hall–Kier alpha value is -1.99. The van der Waals surface area contributed by atoms with Crippen molar-refractivity contribution in [1.29, 1.82) is 0 Å². The first-order valence-electron chi connectivity index (χ1n) is 6.44. The Kier molecular flexibility index (Phi) is 4.08. The summed E-state index contributed by atoms with van der Waals surface area (Å²) in [4.78, 5) is 28.9. The summed E-state index contributed by atoms with van der Waals surface area (Å²) in [5.74, 6) is -0.447. The maximum Gasteiger partial charge on any atom is 0.338 e. The molecular formula is C15H11BrN2O3S. The SMILES string of the molecule is Cc1csc2nc(COC(=O)c3ccc(Br)cc3)cc(=O)n12. The van der Waals surface area contributed by atoms with E-state index < -0.39 is 5.97 Å². The number of benzene rings is 1. The first kappa shape index (κ1) is 14.9. The van der Waals surface area contributed by atoms with Crippen molar-refractivity contribution in [2.45, 2.75) is 13.5 Å². The van der Waals surface area contributed by atoms with E-state index in [0.29, 0.717) is 16.2 Å². The predicted molar refractivity (Wildman–Crippen MR) is 87.3 cm³/mol. The van der Waals surface area contributed by atoms with E-state index in [1.54, 1.807) is 24.3 Å². The smallest absolute Gasteiger partial charge is 0.338 e. The molecule has 0 amide bonds. The van der Waals surface area contributed by atoms with E-state index in [1.165, 1.54) is 21.8 Å². The number of halogens is 1. The zero-order valence-electron chi connectivity index (χ0n) is 11.6. The van der Waals surface area contributed by atoms with E-state index in [2.05, 4.69) is 20.9 Å². The van der Waals surface area contributed by atoms with Gasteiger partial charge < -0.3 is 4.74 Å². The van der Waals surface area contributed by atoms with Crippen molar-refractivity contribution in [2.75, 3.05) is 0 Å². The molecule has 3 aromatic rings. The number of hydrogen-bond donors (Lipinski definition) is 0. The molecule has 112 valence electrons. The van der Waals surface area contributed by atoms with Crippen LogP contribution in [-0.4, -0.2) is 15.4 Å². The average Bonchev–Trinajstić information content (AvgIpc) is 2.87. The second-order valence-electron chi connectivity index (χ2n) is 4.66. The van der Waals surface area contributed by atoms with E-state index in [-0.39, 0.29) is 12.2 Å². The third-order valence-corrected chi connectivity index (χ3v) is 4.53. The van der Waals surface area contributed by atoms with E-state index >= 15 is 0 Å². The molecule has 2 heterocycles. The van der Waals surface area contributed by atoms with Crippen LogP contribution in [-0.2, 0) is 11.3 Å². The summed E-state index contributed by atoms with van der Waals surface area (Å²) in [7, 11) is 0. The highest BCUT2D eigenvalue weighted by Crippen LogP contribution is 2.13. The fourth-order valence-electron chi connectivity index (χ4n) is 1.98. The lowest BCUT2D eigenvalue weighted by Gasteiger charge is -2.05. The van der Waals surface area contributed by atoms with Crippen molar-refractivity contribution >= 4 is 38.2 Å². The fraction of sp³-hybridized carbons (Fsp3) is 0.133. The van der Waals surface area contributed by atoms with Gasteiger partial charge in [-0.3, -0.25) is 9.20 Å². The number of rotatable bonds is 3. The van der Waals surface area contributed by atoms with Gasteiger partial charge in [0.1, 0.15) is 6.61 Å². The summed E-state index contributed by atoms with van der Waals surface area (Å²) in [5.41, 5.74) is 1.57. The molecule has 0 aliphatic carbocycles. The lowest BCUT2D eigenvalue weighted by atomic mass is 10.2. The van der Waals surface area contributed by atoms with Crippen LogP contribution in [0.15, 0.2) is 45.0 Å². The quantitative estimate of drug-likeness (QED) is 0.656. The molecular weight excluding hydrogens is 368 g/mol. The van der Waals surface area contributed by atoms with Gasteiger partial charge in [-0.15, -0.1) is 11.3 Å². The molecule has 3 rings (SSSR count). The Balaban J connectivity index is 1.77. The average molecular weight is 379 g/mol. The predicted octanol–water partition coefficient (Wildman–Crippen LogP) is 3.18. The monoisotopic (exact) mass is 378 g/mol. The van der Waals surface area contributed by atoms with Crippen molar-refractivity contribution in [3.05, 3.63) is 67.5 Å². The first-order valence-corrected chi connectivity index (χ1v) is 8.11. The number of fused-ring (bicyclic) bond motifs is 1. The van der Waals surface area contributed by atoms with Gasteiger partial charge in [-0.2, -0.15) is 0 Å². The lowest BCUT2D eigenvalue weighted by molar-refractivity contribution is 0.0468. The highest BCUT2D eigenvalue weighted by atomic mass is 79.9. The molecule has 22 heavy (non-hydrogen) atoms. The Morgan fingerprint density at radius 1 is 1.36 bits per heavy atom. The maximum absolute atomic E-state index is 12.0. The van der Waals surface area contributed by atoms with Gasteiger partial charge in [-0.1, -0.05) is 15.9 Å². The molecule has 0 N–H and O–H groups in total. The summed E-state index contributed by atoms with van der Waals surface area (Å²) in [6.07, 6.45) is 0. The van der Waals surface area contributed by atoms with E-state index in [1.807, 2.05) is 12.3 Å². The van der Waals surface area contributed by atoms with Crippen molar-refractivity contribution in [3.8, 4) is 0 Å². The van der Waals surface area contributed by atoms with Gasteiger partial charge in [0.05, 0.1) is 11.3 Å². The lowest BCUT2D eigenvalue weighted by Crippen LogP contribution is -2.16. The Morgan fingerprint density at radius 2 is 2.09 bits per heavy atom. The number of hydrogen-bond acceptors (Lipinski definition) is 5. The summed E-state index contributed by atoms with van der Waals surface area (Å²) >= 11 is 4.69. The number of thiazole rings is 1. The molecule has 0 saturated heterocycles. The molecule has 0 unspecified atom stereocenters. The molecule has 0 bridgehead atoms. The summed E-state index contributed by atoms with van der Waals surface area (Å²) in [6, 6.07) is 8.26. The third-order valence-electron chi connectivity index (χ3n) is 3.06. The summed E-state index contributed by atoms with van der Waals surface area (Å²) in [6.45, 7) is 1.82. The summed E-state index contributed by atoms with van der Waals surface area (Å²) in [5, 5.41) is 1.86. The van der Waals surface area contributed by atoms with Gasteiger partial charge >= 0.3 is 5.97 Å². The number of carbonyl (C=O) groups excluding carboxylic acids is 1. The molecule has 0 aliphatic heterocycles. The Labute approximate surface area is 138 Å². The summed E-state index contributed by atoms with van der Waals surface area (Å²) < 4.78 is 7.62. The van der Waals surface area contributed by atoms with Gasteiger partial charge in [0, 0.05) is 21.6 Å². The molecule has 2 aromatic heterocycles. The normalized spacial score (nSPS) is 10.8. The standard InChI is InChI=1S/C15H11BrN2O3S/c1-9-8-22-15-17-12(6-13(19)18(9)15)7-21-14(20)10-2-4-11(16)5-3-10/h2-6,8H,7H2,1H3. The third kappa shape index (κ3) is 2.95. The minimum atomic E-state index is -0.447. The topological polar surface area (TPSA) is 60.7 Å². The van der Waals surface area contributed by atoms with Crippen molar-refractivity contribution in [3.63, 3.8) is 0 Å². The van der Waals surface area contributed by atoms with Crippen molar-refractivity contribution < 1.29 is 9.53 Å². The number of nitrogens with zero attached hydrogens (tertiary/aromatic N) is 2. The molecule has 1 aromatic carbocycles. The largest absolute Gasteiger partial charge is 0.456 e. The van der Waals surface area contributed by atoms with Crippen LogP contribution in [0.2, 0.25) is 0 Å². The second-order valence-corrected chi connectivity index (χ2v) is 6.42. The fourth-order valence-corrected chi connectivity index (χ4v) is 3.14. The van der Waals surface area contributed by atoms with Gasteiger partial charge in [-0.25, -0.2) is 9.78 Å². The van der Waals surface area contributed by atoms with Gasteiger partial charge in [0.2, 0.25) is 0 Å². The first-order chi connectivity index (χ1) is 10.5. The number of esters is 1. The Bertz CT molecular complexity index is 899. The van der Waals surface area contributed by atoms with Crippen LogP contribution in [0.4, 0.5) is 0 Å². The highest BCUT2D eigenvalue weighted by molar-refractivity contribution is 9.10. The molecule has 0 spiro atoms. The van der Waals surface area contributed by atoms with Crippen molar-refractivity contribution in [1.82, 2.24) is 9.38 Å². The van der Waals surface area contributed by atoms with Crippen LogP contribution < -0.4 is 5.56 Å². The van der Waals surface area contributed by atoms with Crippen LogP contribution in [0.1, 0.15) is 21.7 Å². The zero-order valence-corrected chi connectivity index (χ0v) is 14.0. The molecule has 0 saturated carbocycles. The van der Waals surface area contributed by atoms with Crippen LogP contribution in [0, 0.1) is 6.92 Å². The zero-order chi connectivity index (χ0) is 15.7. The minimum absolute atomic E-state index is 0.0302. The maximum atomic E-state index is 12.0. The molecule has 0 aliphatic rings. The van der Waals surface area contributed by atoms with E-state index in [0.717, 1.165) is 10.2 Å². The molecule has 0 radical (unpaired) electrons. The van der Waals surface area contributed by atoms with Crippen LogP contribution in [0.25, 0.3) is 4.96 Å². The van der Waals surface area contributed by atoms with Crippen molar-refractivity contribution in [2.24, 2.45) is 0 Å². The number of carbonyl (C=O) groups is 1. The van der Waals surface area contributed by atoms with E-state index in [9.17, 15) is 9.59 Å². The van der Waals surface area contributed by atoms with Crippen LogP contribution in [0.5, 0.6) is 0 Å². The molecule has 7 heteroatoms. The van der Waals surface area contributed by atoms with Crippen LogP contribution in [0.3, 0.4) is 0 Å².